The zero-order chi connectivity index (χ0) is 21.3. The lowest BCUT2D eigenvalue weighted by molar-refractivity contribution is -0.384. The van der Waals surface area contributed by atoms with Crippen LogP contribution in [0, 0.1) is 10.1 Å². The summed E-state index contributed by atoms with van der Waals surface area (Å²) in [4.78, 5) is 27.4. The normalized spacial score (nSPS) is 17.6. The Morgan fingerprint density at radius 2 is 2.07 bits per heavy atom. The number of aliphatic imine (C=N–C) groups is 1. The van der Waals surface area contributed by atoms with E-state index in [9.17, 15) is 20.0 Å². The van der Waals surface area contributed by atoms with E-state index in [0.717, 1.165) is 11.8 Å². The summed E-state index contributed by atoms with van der Waals surface area (Å²) in [5, 5.41) is 21.8. The van der Waals surface area contributed by atoms with Crippen molar-refractivity contribution in [3.8, 4) is 11.5 Å². The summed E-state index contributed by atoms with van der Waals surface area (Å²) in [6.45, 7) is 0.141. The Balaban J connectivity index is 1.73. The van der Waals surface area contributed by atoms with E-state index < -0.39 is 10.9 Å². The molecule has 2 aromatic carbocycles. The number of non-ortho nitro benzene ring substituents is 1. The van der Waals surface area contributed by atoms with Crippen molar-refractivity contribution in [2.45, 2.75) is 0 Å². The molecule has 0 bridgehead atoms. The maximum Gasteiger partial charge on any atom is 0.344 e. The molecule has 0 spiro atoms. The van der Waals surface area contributed by atoms with E-state index >= 15 is 0 Å². The lowest BCUT2D eigenvalue weighted by Crippen LogP contribution is -2.10. The van der Waals surface area contributed by atoms with Crippen molar-refractivity contribution in [2.24, 2.45) is 4.99 Å². The number of carbonyl (C=O) groups is 1. The molecule has 0 fully saturated rings. The molecule has 2 heterocycles. The second-order valence-corrected chi connectivity index (χ2v) is 7.16. The van der Waals surface area contributed by atoms with Crippen molar-refractivity contribution in [1.82, 2.24) is 0 Å². The molecule has 0 saturated heterocycles. The summed E-state index contributed by atoms with van der Waals surface area (Å²) >= 11 is 1.05. The van der Waals surface area contributed by atoms with Crippen LogP contribution in [-0.4, -0.2) is 34.9 Å². The first-order valence-corrected chi connectivity index (χ1v) is 9.42. The number of aliphatic hydroxyl groups is 1. The number of ether oxygens (including phenoxy) is 3. The zero-order valence-electron chi connectivity index (χ0n) is 15.5. The summed E-state index contributed by atoms with van der Waals surface area (Å²) in [6, 6.07) is 10.9. The zero-order valence-corrected chi connectivity index (χ0v) is 16.3. The van der Waals surface area contributed by atoms with Crippen LogP contribution in [0.15, 0.2) is 63.7 Å². The number of nitro groups is 1. The molecule has 0 aliphatic carbocycles. The van der Waals surface area contributed by atoms with Crippen molar-refractivity contribution < 1.29 is 29.0 Å². The molecule has 4 rings (SSSR count). The fourth-order valence-electron chi connectivity index (χ4n) is 2.84. The molecule has 0 amide bonds. The Kier molecular flexibility index (Phi) is 5.15. The van der Waals surface area contributed by atoms with Crippen LogP contribution in [0.3, 0.4) is 0 Å². The standard InChI is InChI=1S/C20H14N2O7S/c1-27-20(24)17-18(23)16(8-11-5-6-14-15(7-11)29-10-28-14)30-19(17)21-12-3-2-4-13(9-12)22(25)26/h2-9,23H,10H2,1H3/b16-8+,21-19?. The summed E-state index contributed by atoms with van der Waals surface area (Å²) < 4.78 is 15.4. The smallest absolute Gasteiger partial charge is 0.344 e. The minimum absolute atomic E-state index is 0.110. The monoisotopic (exact) mass is 426 g/mol. The largest absolute Gasteiger partial charge is 0.506 e. The van der Waals surface area contributed by atoms with Crippen molar-refractivity contribution in [2.75, 3.05) is 13.9 Å². The third-order valence-electron chi connectivity index (χ3n) is 4.25. The van der Waals surface area contributed by atoms with Crippen LogP contribution in [0.4, 0.5) is 11.4 Å². The predicted molar refractivity (Wildman–Crippen MR) is 110 cm³/mol. The molecule has 0 aromatic heterocycles. The van der Waals surface area contributed by atoms with E-state index in [0.29, 0.717) is 22.0 Å². The molecule has 2 aliphatic rings. The number of nitrogens with zero attached hydrogens (tertiary/aromatic N) is 2. The third kappa shape index (κ3) is 3.72. The number of hydrogen-bond acceptors (Lipinski definition) is 9. The Bertz CT molecular complexity index is 1150. The maximum atomic E-state index is 12.2. The molecule has 0 atom stereocenters. The van der Waals surface area contributed by atoms with Gasteiger partial charge in [-0.1, -0.05) is 23.9 Å². The van der Waals surface area contributed by atoms with E-state index in [-0.39, 0.29) is 34.5 Å². The number of thioether (sulfide) groups is 1. The molecule has 2 aromatic rings. The van der Waals surface area contributed by atoms with Crippen molar-refractivity contribution in [1.29, 1.82) is 0 Å². The van der Waals surface area contributed by atoms with Gasteiger partial charge in [0.1, 0.15) is 16.4 Å². The molecule has 0 saturated carbocycles. The Labute approximate surface area is 174 Å². The average Bonchev–Trinajstić information content (AvgIpc) is 3.32. The van der Waals surface area contributed by atoms with Crippen molar-refractivity contribution in [3.05, 3.63) is 74.4 Å². The van der Waals surface area contributed by atoms with Gasteiger partial charge in [-0.15, -0.1) is 0 Å². The van der Waals surface area contributed by atoms with Gasteiger partial charge in [0.05, 0.1) is 22.6 Å². The van der Waals surface area contributed by atoms with Crippen molar-refractivity contribution >= 4 is 40.2 Å². The number of esters is 1. The number of benzene rings is 2. The first-order chi connectivity index (χ1) is 14.5. The van der Waals surface area contributed by atoms with E-state index in [1.807, 2.05) is 0 Å². The summed E-state index contributed by atoms with van der Waals surface area (Å²) in [7, 11) is 1.19. The van der Waals surface area contributed by atoms with Gasteiger partial charge in [0.15, 0.2) is 11.5 Å². The highest BCUT2D eigenvalue weighted by Gasteiger charge is 2.33. The molecule has 1 N–H and O–H groups in total. The number of aliphatic hydroxyl groups excluding tert-OH is 1. The molecular weight excluding hydrogens is 412 g/mol. The number of carbonyl (C=O) groups excluding carboxylic acids is 1. The van der Waals surface area contributed by atoms with Crippen LogP contribution in [0.1, 0.15) is 5.56 Å². The lowest BCUT2D eigenvalue weighted by Gasteiger charge is -2.02. The van der Waals surface area contributed by atoms with Crippen LogP contribution in [0.2, 0.25) is 0 Å². The van der Waals surface area contributed by atoms with Gasteiger partial charge >= 0.3 is 5.97 Å². The van der Waals surface area contributed by atoms with Crippen LogP contribution in [0.5, 0.6) is 11.5 Å². The Hall–Kier alpha value is -3.79. The predicted octanol–water partition coefficient (Wildman–Crippen LogP) is 4.13. The van der Waals surface area contributed by atoms with E-state index in [1.165, 1.54) is 25.3 Å². The number of fused-ring (bicyclic) bond motifs is 1. The van der Waals surface area contributed by atoms with Gasteiger partial charge in [-0.25, -0.2) is 9.79 Å². The highest BCUT2D eigenvalue weighted by Crippen LogP contribution is 2.41. The topological polar surface area (TPSA) is 120 Å². The summed E-state index contributed by atoms with van der Waals surface area (Å²) in [5.41, 5.74) is 0.740. The average molecular weight is 426 g/mol. The van der Waals surface area contributed by atoms with Crippen LogP contribution in [-0.2, 0) is 9.53 Å². The van der Waals surface area contributed by atoms with Gasteiger partial charge in [-0.05, 0) is 29.8 Å². The number of hydrogen-bond donors (Lipinski definition) is 1. The molecule has 9 nitrogen and oxygen atoms in total. The quantitative estimate of drug-likeness (QED) is 0.440. The van der Waals surface area contributed by atoms with Gasteiger partial charge in [0.2, 0.25) is 6.79 Å². The van der Waals surface area contributed by atoms with E-state index in [2.05, 4.69) is 4.99 Å². The molecule has 0 unspecified atom stereocenters. The van der Waals surface area contributed by atoms with E-state index in [4.69, 9.17) is 14.2 Å². The molecule has 30 heavy (non-hydrogen) atoms. The molecule has 10 heteroatoms. The SMILES string of the molecule is COC(=O)C1=C(O)/C(=C\c2ccc3c(c2)OCO3)SC1=Nc1cccc([N+](=O)[O-])c1. The fraction of sp³-hybridized carbons (Fsp3) is 0.100. The van der Waals surface area contributed by atoms with Crippen LogP contribution < -0.4 is 9.47 Å². The van der Waals surface area contributed by atoms with Gasteiger partial charge in [-0.2, -0.15) is 0 Å². The molecular formula is C20H14N2O7S. The first kappa shape index (κ1) is 19.5. The van der Waals surface area contributed by atoms with E-state index in [1.54, 1.807) is 30.3 Å². The highest BCUT2D eigenvalue weighted by atomic mass is 32.2. The Morgan fingerprint density at radius 3 is 2.83 bits per heavy atom. The number of methoxy groups -OCH3 is 1. The van der Waals surface area contributed by atoms with Gasteiger partial charge < -0.3 is 19.3 Å². The summed E-state index contributed by atoms with van der Waals surface area (Å²) in [5.74, 6) is 0.153. The second kappa shape index (κ2) is 7.91. The number of nitro benzene ring substituents is 1. The third-order valence-corrected chi connectivity index (χ3v) is 5.27. The molecule has 2 aliphatic heterocycles. The highest BCUT2D eigenvalue weighted by molar-refractivity contribution is 8.18. The van der Waals surface area contributed by atoms with Gasteiger partial charge in [-0.3, -0.25) is 10.1 Å². The molecule has 152 valence electrons. The van der Waals surface area contributed by atoms with Gasteiger partial charge in [0.25, 0.3) is 5.69 Å². The molecule has 0 radical (unpaired) electrons. The van der Waals surface area contributed by atoms with Crippen LogP contribution >= 0.6 is 11.8 Å². The van der Waals surface area contributed by atoms with Crippen LogP contribution in [0.25, 0.3) is 6.08 Å². The minimum atomic E-state index is -0.765. The fourth-order valence-corrected chi connectivity index (χ4v) is 3.87. The maximum absolute atomic E-state index is 12.2. The first-order valence-electron chi connectivity index (χ1n) is 8.61. The van der Waals surface area contributed by atoms with Crippen molar-refractivity contribution in [3.63, 3.8) is 0 Å². The minimum Gasteiger partial charge on any atom is -0.506 e. The second-order valence-electron chi connectivity index (χ2n) is 6.13. The summed E-state index contributed by atoms with van der Waals surface area (Å²) in [6.07, 6.45) is 1.67. The lowest BCUT2D eigenvalue weighted by atomic mass is 10.1. The number of rotatable bonds is 4. The van der Waals surface area contributed by atoms with Gasteiger partial charge in [0, 0.05) is 12.1 Å². The Morgan fingerprint density at radius 1 is 1.27 bits per heavy atom.